The maximum atomic E-state index is 5.14. The summed E-state index contributed by atoms with van der Waals surface area (Å²) in [6.07, 6.45) is 2.66. The molecule has 0 aromatic carbocycles. The molecule has 0 unspecified atom stereocenters. The first kappa shape index (κ1) is 6.26. The summed E-state index contributed by atoms with van der Waals surface area (Å²) in [5, 5.41) is 0. The highest BCUT2D eigenvalue weighted by Gasteiger charge is 2.33. The third kappa shape index (κ3) is 1.31. The second-order valence-electron chi connectivity index (χ2n) is 2.18. The van der Waals surface area contributed by atoms with E-state index in [1.165, 1.54) is 12.8 Å². The lowest BCUT2D eigenvalue weighted by molar-refractivity contribution is 0.276. The third-order valence-corrected chi connectivity index (χ3v) is 3.84. The van der Waals surface area contributed by atoms with Crippen molar-refractivity contribution in [3.8, 4) is 0 Å². The average Bonchev–Trinajstić information content (AvgIpc) is 2.53. The van der Waals surface area contributed by atoms with E-state index in [0.29, 0.717) is 0 Å². The van der Waals surface area contributed by atoms with Crippen molar-refractivity contribution in [2.75, 3.05) is 14.2 Å². The molecule has 0 spiro atoms. The van der Waals surface area contributed by atoms with E-state index in [4.69, 9.17) is 8.85 Å². The van der Waals surface area contributed by atoms with Gasteiger partial charge in [-0.25, -0.2) is 0 Å². The van der Waals surface area contributed by atoms with E-state index in [-0.39, 0.29) is 0 Å². The van der Waals surface area contributed by atoms with Crippen LogP contribution in [-0.4, -0.2) is 23.5 Å². The molecule has 0 aromatic heterocycles. The zero-order valence-electron chi connectivity index (χ0n) is 5.39. The minimum Gasteiger partial charge on any atom is -0.400 e. The van der Waals surface area contributed by atoms with Crippen LogP contribution in [0.2, 0.25) is 5.54 Å². The lowest BCUT2D eigenvalue weighted by atomic mass is 11.0. The Hall–Kier alpha value is 0.137. The molecule has 0 atom stereocenters. The predicted molar refractivity (Wildman–Crippen MR) is 34.2 cm³/mol. The molecule has 0 aromatic rings. The monoisotopic (exact) mass is 132 g/mol. The highest BCUT2D eigenvalue weighted by molar-refractivity contribution is 6.47. The summed E-state index contributed by atoms with van der Waals surface area (Å²) in [6.45, 7) is 0. The Kier molecular flexibility index (Phi) is 2.05. The topological polar surface area (TPSA) is 18.5 Å². The molecule has 48 valence electrons. The average molecular weight is 132 g/mol. The van der Waals surface area contributed by atoms with Gasteiger partial charge in [-0.2, -0.15) is 0 Å². The quantitative estimate of drug-likeness (QED) is 0.525. The van der Waals surface area contributed by atoms with Crippen LogP contribution in [0.25, 0.3) is 0 Å². The first-order chi connectivity index (χ1) is 3.88. The lowest BCUT2D eigenvalue weighted by Crippen LogP contribution is -2.18. The predicted octanol–water partition coefficient (Wildman–Crippen LogP) is 0.664. The zero-order valence-corrected chi connectivity index (χ0v) is 6.54. The number of hydrogen-bond acceptors (Lipinski definition) is 2. The van der Waals surface area contributed by atoms with Crippen molar-refractivity contribution >= 4 is 9.28 Å². The van der Waals surface area contributed by atoms with Crippen LogP contribution in [0.1, 0.15) is 12.8 Å². The van der Waals surface area contributed by atoms with Gasteiger partial charge < -0.3 is 8.85 Å². The van der Waals surface area contributed by atoms with Crippen molar-refractivity contribution in [3.63, 3.8) is 0 Å². The van der Waals surface area contributed by atoms with E-state index in [1.54, 1.807) is 14.2 Å². The van der Waals surface area contributed by atoms with Gasteiger partial charge in [-0.1, -0.05) is 0 Å². The van der Waals surface area contributed by atoms with Crippen molar-refractivity contribution in [1.29, 1.82) is 0 Å². The summed E-state index contributed by atoms with van der Waals surface area (Å²) >= 11 is 0. The molecule has 0 N–H and O–H groups in total. The molecule has 0 amide bonds. The summed E-state index contributed by atoms with van der Waals surface area (Å²) in [5.41, 5.74) is 0.824. The molecular formula is C5H12O2Si. The van der Waals surface area contributed by atoms with Gasteiger partial charge in [-0.15, -0.1) is 0 Å². The van der Waals surface area contributed by atoms with Crippen LogP contribution in [0, 0.1) is 0 Å². The fraction of sp³-hybridized carbons (Fsp3) is 1.00. The van der Waals surface area contributed by atoms with Gasteiger partial charge in [0.25, 0.3) is 0 Å². The van der Waals surface area contributed by atoms with Crippen LogP contribution in [0.15, 0.2) is 0 Å². The minimum absolute atomic E-state index is 0.824. The standard InChI is InChI=1S/C5H12O2Si/c1-6-8(7-2)5-3-4-5/h5,8H,3-4H2,1-2H3. The molecule has 0 saturated heterocycles. The van der Waals surface area contributed by atoms with Crippen LogP contribution in [0.5, 0.6) is 0 Å². The first-order valence-electron chi connectivity index (χ1n) is 2.94. The van der Waals surface area contributed by atoms with Crippen LogP contribution in [0.3, 0.4) is 0 Å². The van der Waals surface area contributed by atoms with Gasteiger partial charge >= 0.3 is 9.28 Å². The molecule has 3 heteroatoms. The van der Waals surface area contributed by atoms with Crippen molar-refractivity contribution in [2.24, 2.45) is 0 Å². The van der Waals surface area contributed by atoms with Gasteiger partial charge in [0.15, 0.2) is 0 Å². The summed E-state index contributed by atoms with van der Waals surface area (Å²) in [5.74, 6) is 0. The molecule has 8 heavy (non-hydrogen) atoms. The van der Waals surface area contributed by atoms with Crippen molar-refractivity contribution in [1.82, 2.24) is 0 Å². The largest absolute Gasteiger partial charge is 0.400 e. The summed E-state index contributed by atoms with van der Waals surface area (Å²) < 4.78 is 10.3. The van der Waals surface area contributed by atoms with Gasteiger partial charge in [0, 0.05) is 14.2 Å². The molecule has 2 nitrogen and oxygen atoms in total. The third-order valence-electron chi connectivity index (χ3n) is 1.47. The Morgan fingerprint density at radius 2 is 1.75 bits per heavy atom. The minimum atomic E-state index is -1.15. The van der Waals surface area contributed by atoms with E-state index >= 15 is 0 Å². The fourth-order valence-corrected chi connectivity index (χ4v) is 2.55. The SMILES string of the molecule is CO[SiH](OC)C1CC1. The van der Waals surface area contributed by atoms with Gasteiger partial charge in [-0.3, -0.25) is 0 Å². The first-order valence-corrected chi connectivity index (χ1v) is 4.55. The Balaban J connectivity index is 2.15. The van der Waals surface area contributed by atoms with E-state index in [0.717, 1.165) is 5.54 Å². The number of hydrogen-bond donors (Lipinski definition) is 0. The highest BCUT2D eigenvalue weighted by Crippen LogP contribution is 2.39. The Morgan fingerprint density at radius 3 is 1.88 bits per heavy atom. The van der Waals surface area contributed by atoms with E-state index in [9.17, 15) is 0 Å². The second-order valence-corrected chi connectivity index (χ2v) is 4.80. The van der Waals surface area contributed by atoms with Crippen LogP contribution in [0.4, 0.5) is 0 Å². The Morgan fingerprint density at radius 1 is 1.25 bits per heavy atom. The fourth-order valence-electron chi connectivity index (χ4n) is 0.850. The van der Waals surface area contributed by atoms with E-state index in [2.05, 4.69) is 0 Å². The van der Waals surface area contributed by atoms with Crippen molar-refractivity contribution < 1.29 is 8.85 Å². The normalized spacial score (nSPS) is 19.9. The maximum Gasteiger partial charge on any atom is 0.324 e. The number of rotatable bonds is 3. The molecule has 0 aliphatic heterocycles. The summed E-state index contributed by atoms with van der Waals surface area (Å²) in [6, 6.07) is 0. The Bertz CT molecular complexity index is 68.8. The Labute approximate surface area is 51.6 Å². The molecule has 0 heterocycles. The molecule has 1 saturated carbocycles. The molecule has 1 rings (SSSR count). The van der Waals surface area contributed by atoms with Crippen molar-refractivity contribution in [2.45, 2.75) is 18.4 Å². The molecule has 0 radical (unpaired) electrons. The molecular weight excluding hydrogens is 120 g/mol. The second kappa shape index (κ2) is 2.62. The van der Waals surface area contributed by atoms with Gasteiger partial charge in [0.1, 0.15) is 0 Å². The highest BCUT2D eigenvalue weighted by atomic mass is 28.3. The molecule has 1 fully saturated rings. The summed E-state index contributed by atoms with van der Waals surface area (Å²) in [7, 11) is 2.34. The van der Waals surface area contributed by atoms with E-state index < -0.39 is 9.28 Å². The molecule has 1 aliphatic rings. The lowest BCUT2D eigenvalue weighted by Gasteiger charge is -2.07. The zero-order chi connectivity index (χ0) is 5.98. The van der Waals surface area contributed by atoms with Gasteiger partial charge in [0.2, 0.25) is 0 Å². The molecule has 1 aliphatic carbocycles. The van der Waals surface area contributed by atoms with Crippen LogP contribution < -0.4 is 0 Å². The maximum absolute atomic E-state index is 5.14. The van der Waals surface area contributed by atoms with Crippen molar-refractivity contribution in [3.05, 3.63) is 0 Å². The van der Waals surface area contributed by atoms with Gasteiger partial charge in [0.05, 0.1) is 0 Å². The molecule has 0 bridgehead atoms. The summed E-state index contributed by atoms with van der Waals surface area (Å²) in [4.78, 5) is 0. The van der Waals surface area contributed by atoms with E-state index in [1.807, 2.05) is 0 Å². The smallest absolute Gasteiger partial charge is 0.324 e. The van der Waals surface area contributed by atoms with Crippen LogP contribution >= 0.6 is 0 Å². The van der Waals surface area contributed by atoms with Crippen LogP contribution in [-0.2, 0) is 8.85 Å². The van der Waals surface area contributed by atoms with Gasteiger partial charge in [-0.05, 0) is 18.4 Å².